The Labute approximate surface area is 191 Å². The second-order valence-electron chi connectivity index (χ2n) is 7.64. The number of nitrogens with zero attached hydrogens (tertiary/aromatic N) is 1. The Balaban J connectivity index is 1.79. The molecule has 31 heavy (non-hydrogen) atoms. The number of rotatable bonds is 10. The third kappa shape index (κ3) is 6.06. The predicted octanol–water partition coefficient (Wildman–Crippen LogP) is 5.18. The van der Waals surface area contributed by atoms with Crippen molar-refractivity contribution in [1.29, 1.82) is 0 Å². The van der Waals surface area contributed by atoms with Crippen molar-refractivity contribution in [3.05, 3.63) is 48.0 Å². The summed E-state index contributed by atoms with van der Waals surface area (Å²) in [7, 11) is -3.96. The average Bonchev–Trinajstić information content (AvgIpc) is 3.12. The molecule has 0 aliphatic carbocycles. The maximum absolute atomic E-state index is 12.7. The van der Waals surface area contributed by atoms with Gasteiger partial charge in [0.2, 0.25) is 10.0 Å². The molecular formula is C22H26N2O4S3. The number of aryl methyl sites for hydroxylation is 1. The third-order valence-corrected chi connectivity index (χ3v) is 8.34. The quantitative estimate of drug-likeness (QED) is 0.417. The molecule has 1 aromatic heterocycles. The molecule has 0 aliphatic rings. The highest BCUT2D eigenvalue weighted by Gasteiger charge is 2.28. The van der Waals surface area contributed by atoms with Gasteiger partial charge in [-0.15, -0.1) is 11.3 Å². The Hall–Kier alpha value is -1.94. The molecule has 0 fully saturated rings. The first-order valence-corrected chi connectivity index (χ1v) is 13.2. The number of aromatic nitrogens is 1. The van der Waals surface area contributed by atoms with Crippen molar-refractivity contribution in [2.45, 2.75) is 60.2 Å². The summed E-state index contributed by atoms with van der Waals surface area (Å²) in [4.78, 5) is 17.1. The van der Waals surface area contributed by atoms with E-state index in [1.807, 2.05) is 0 Å². The second kappa shape index (κ2) is 10.1. The van der Waals surface area contributed by atoms with Gasteiger partial charge in [-0.25, -0.2) is 13.4 Å². The van der Waals surface area contributed by atoms with Crippen LogP contribution in [-0.2, 0) is 21.2 Å². The van der Waals surface area contributed by atoms with E-state index >= 15 is 0 Å². The molecule has 3 aromatic rings. The first-order chi connectivity index (χ1) is 14.7. The van der Waals surface area contributed by atoms with Crippen LogP contribution in [0.4, 0.5) is 0 Å². The van der Waals surface area contributed by atoms with Gasteiger partial charge in [-0.05, 0) is 54.7 Å². The molecule has 0 amide bonds. The zero-order valence-electron chi connectivity index (χ0n) is 17.7. The van der Waals surface area contributed by atoms with Gasteiger partial charge in [0.15, 0.2) is 4.34 Å². The normalized spacial score (nSPS) is 13.0. The van der Waals surface area contributed by atoms with Crippen LogP contribution in [0.15, 0.2) is 56.6 Å². The smallest absolute Gasteiger partial charge is 0.322 e. The van der Waals surface area contributed by atoms with E-state index in [4.69, 9.17) is 0 Å². The first-order valence-electron chi connectivity index (χ1n) is 10.1. The van der Waals surface area contributed by atoms with E-state index in [9.17, 15) is 18.3 Å². The fourth-order valence-electron chi connectivity index (χ4n) is 3.01. The summed E-state index contributed by atoms with van der Waals surface area (Å²) >= 11 is 2.96. The van der Waals surface area contributed by atoms with Crippen LogP contribution >= 0.6 is 23.1 Å². The summed E-state index contributed by atoms with van der Waals surface area (Å²) in [6, 6.07) is 11.9. The number of sulfonamides is 1. The molecule has 0 radical (unpaired) electrons. The number of nitrogens with one attached hydrogen (secondary N) is 1. The van der Waals surface area contributed by atoms with Crippen molar-refractivity contribution in [3.8, 4) is 0 Å². The molecule has 0 saturated carbocycles. The fraction of sp³-hybridized carbons (Fsp3) is 0.364. The van der Waals surface area contributed by atoms with E-state index in [1.54, 1.807) is 37.7 Å². The summed E-state index contributed by atoms with van der Waals surface area (Å²) in [5, 5.41) is 9.29. The van der Waals surface area contributed by atoms with E-state index in [0.29, 0.717) is 5.52 Å². The number of fused-ring (bicyclic) bond motifs is 1. The number of carbonyl (C=O) groups is 1. The van der Waals surface area contributed by atoms with E-state index in [0.717, 1.165) is 20.4 Å². The van der Waals surface area contributed by atoms with Crippen LogP contribution in [0.3, 0.4) is 0 Å². The Morgan fingerprint density at radius 3 is 2.52 bits per heavy atom. The van der Waals surface area contributed by atoms with Crippen molar-refractivity contribution < 1.29 is 18.3 Å². The highest BCUT2D eigenvalue weighted by atomic mass is 32.2. The highest BCUT2D eigenvalue weighted by molar-refractivity contribution is 8.01. The van der Waals surface area contributed by atoms with Gasteiger partial charge in [0, 0.05) is 4.90 Å². The zero-order valence-corrected chi connectivity index (χ0v) is 20.1. The predicted molar refractivity (Wildman–Crippen MR) is 125 cm³/mol. The molecule has 2 aromatic carbocycles. The van der Waals surface area contributed by atoms with Gasteiger partial charge >= 0.3 is 5.97 Å². The van der Waals surface area contributed by atoms with Gasteiger partial charge < -0.3 is 5.11 Å². The van der Waals surface area contributed by atoms with Crippen molar-refractivity contribution in [1.82, 2.24) is 9.71 Å². The van der Waals surface area contributed by atoms with Gasteiger partial charge in [0.1, 0.15) is 6.04 Å². The summed E-state index contributed by atoms with van der Waals surface area (Å²) in [5.41, 5.74) is 2.03. The van der Waals surface area contributed by atoms with Crippen LogP contribution in [-0.4, -0.2) is 30.5 Å². The number of benzene rings is 2. The monoisotopic (exact) mass is 478 g/mol. The summed E-state index contributed by atoms with van der Waals surface area (Å²) in [5.74, 6) is -1.58. The maximum Gasteiger partial charge on any atom is 0.322 e. The van der Waals surface area contributed by atoms with Gasteiger partial charge in [-0.3, -0.25) is 4.79 Å². The lowest BCUT2D eigenvalue weighted by molar-refractivity contribution is -0.140. The Morgan fingerprint density at radius 1 is 1.19 bits per heavy atom. The number of unbranched alkanes of at least 4 members (excludes halogenated alkanes) is 1. The number of hydrogen-bond donors (Lipinski definition) is 2. The van der Waals surface area contributed by atoms with Gasteiger partial charge in [-0.2, -0.15) is 4.72 Å². The molecule has 9 heteroatoms. The van der Waals surface area contributed by atoms with Crippen molar-refractivity contribution in [2.75, 3.05) is 0 Å². The van der Waals surface area contributed by atoms with Crippen molar-refractivity contribution in [3.63, 3.8) is 0 Å². The van der Waals surface area contributed by atoms with E-state index in [-0.39, 0.29) is 10.8 Å². The molecule has 1 heterocycles. The molecule has 0 bridgehead atoms. The average molecular weight is 479 g/mol. The van der Waals surface area contributed by atoms with Gasteiger partial charge in [0.05, 0.1) is 15.1 Å². The standard InChI is InChI=1S/C22H26N2O4S3/c1-4-5-6-15-7-9-16(10-8-15)29-22-23-18-12-11-17(13-19(18)30-22)31(27,28)24-20(14(2)3)21(25)26/h7-14,20,24H,4-6H2,1-3H3,(H,25,26)/t20-/m1/s1. The minimum Gasteiger partial charge on any atom is -0.480 e. The topological polar surface area (TPSA) is 96.4 Å². The van der Waals surface area contributed by atoms with Gasteiger partial charge in [-0.1, -0.05) is 51.1 Å². The maximum atomic E-state index is 12.7. The Bertz CT molecular complexity index is 1160. The largest absolute Gasteiger partial charge is 0.480 e. The van der Waals surface area contributed by atoms with Crippen LogP contribution in [0.1, 0.15) is 39.2 Å². The van der Waals surface area contributed by atoms with Crippen LogP contribution in [0.5, 0.6) is 0 Å². The molecule has 0 saturated heterocycles. The first kappa shape index (κ1) is 23.7. The van der Waals surface area contributed by atoms with E-state index < -0.39 is 22.0 Å². The fourth-order valence-corrected chi connectivity index (χ4v) is 6.52. The molecule has 0 spiro atoms. The minimum absolute atomic E-state index is 0.0346. The lowest BCUT2D eigenvalue weighted by Gasteiger charge is -2.17. The molecule has 1 atom stereocenters. The van der Waals surface area contributed by atoms with Crippen LogP contribution in [0, 0.1) is 5.92 Å². The minimum atomic E-state index is -3.96. The molecule has 3 rings (SSSR count). The van der Waals surface area contributed by atoms with Crippen LogP contribution in [0.2, 0.25) is 0 Å². The van der Waals surface area contributed by atoms with Crippen LogP contribution < -0.4 is 4.72 Å². The highest BCUT2D eigenvalue weighted by Crippen LogP contribution is 2.35. The Morgan fingerprint density at radius 2 is 1.90 bits per heavy atom. The lowest BCUT2D eigenvalue weighted by Crippen LogP contribution is -2.44. The molecule has 0 unspecified atom stereocenters. The lowest BCUT2D eigenvalue weighted by atomic mass is 10.1. The third-order valence-electron chi connectivity index (χ3n) is 4.81. The molecule has 166 valence electrons. The van der Waals surface area contributed by atoms with E-state index in [1.165, 1.54) is 35.8 Å². The summed E-state index contributed by atoms with van der Waals surface area (Å²) < 4.78 is 29.3. The number of thiazole rings is 1. The number of aliphatic carboxylic acids is 1. The van der Waals surface area contributed by atoms with Gasteiger partial charge in [0.25, 0.3) is 0 Å². The summed E-state index contributed by atoms with van der Waals surface area (Å²) in [6.45, 7) is 5.50. The number of hydrogen-bond acceptors (Lipinski definition) is 6. The van der Waals surface area contributed by atoms with Crippen molar-refractivity contribution >= 4 is 49.3 Å². The zero-order chi connectivity index (χ0) is 22.6. The summed E-state index contributed by atoms with van der Waals surface area (Å²) in [6.07, 6.45) is 3.42. The molecule has 2 N–H and O–H groups in total. The molecule has 0 aliphatic heterocycles. The number of carboxylic acids is 1. The Kier molecular flexibility index (Phi) is 7.74. The number of carboxylic acid groups (broad SMARTS) is 1. The second-order valence-corrected chi connectivity index (χ2v) is 11.7. The molecule has 6 nitrogen and oxygen atoms in total. The molecular weight excluding hydrogens is 452 g/mol. The van der Waals surface area contributed by atoms with Crippen molar-refractivity contribution in [2.24, 2.45) is 5.92 Å². The van der Waals surface area contributed by atoms with E-state index in [2.05, 4.69) is 40.9 Å². The van der Waals surface area contributed by atoms with Crippen LogP contribution in [0.25, 0.3) is 10.2 Å². The SMILES string of the molecule is CCCCc1ccc(Sc2nc3ccc(S(=O)(=O)N[C@@H](C(=O)O)C(C)C)cc3s2)cc1.